The Morgan fingerprint density at radius 1 is 0.426 bits per heavy atom. The zero-order chi connectivity index (χ0) is 35.1. The number of carbonyl (C=O) groups excluding carboxylic acids is 4. The van der Waals surface area contributed by atoms with Crippen LogP contribution < -0.4 is 21.3 Å². The molecule has 0 aliphatic carbocycles. The lowest BCUT2D eigenvalue weighted by molar-refractivity contribution is -0.127. The summed E-state index contributed by atoms with van der Waals surface area (Å²) in [6.45, 7) is 14.6. The maximum atomic E-state index is 11.8. The third kappa shape index (κ3) is 41.4. The van der Waals surface area contributed by atoms with Gasteiger partial charge in [0.05, 0.1) is 39.6 Å². The quantitative estimate of drug-likeness (QED) is 0.0484. The van der Waals surface area contributed by atoms with Crippen molar-refractivity contribution in [2.75, 3.05) is 139 Å². The molecule has 0 aromatic carbocycles. The van der Waals surface area contributed by atoms with E-state index in [0.717, 1.165) is 6.54 Å². The predicted octanol–water partition coefficient (Wildman–Crippen LogP) is -0.751. The van der Waals surface area contributed by atoms with Gasteiger partial charge in [0.2, 0.25) is 17.7 Å². The molecule has 0 aromatic heterocycles. The molecular formula is C31H60N4O12. The van der Waals surface area contributed by atoms with Gasteiger partial charge in [-0.2, -0.15) is 0 Å². The number of ketones is 1. The molecule has 0 saturated heterocycles. The summed E-state index contributed by atoms with van der Waals surface area (Å²) in [7, 11) is 1.85. The molecule has 0 aliphatic rings. The molecule has 0 fully saturated rings. The lowest BCUT2D eigenvalue weighted by Crippen LogP contribution is -2.31. The fraction of sp³-hybridized carbons (Fsp3) is 0.806. The van der Waals surface area contributed by atoms with Gasteiger partial charge in [-0.15, -0.1) is 13.2 Å². The molecule has 3 amide bonds. The van der Waals surface area contributed by atoms with Gasteiger partial charge in [0.25, 0.3) is 0 Å². The molecule has 0 aliphatic heterocycles. The Bertz CT molecular complexity index is 749. The summed E-state index contributed by atoms with van der Waals surface area (Å²) in [4.78, 5) is 45.9. The number of amides is 3. The van der Waals surface area contributed by atoms with Crippen LogP contribution in [0, 0.1) is 0 Å². The largest absolute Gasteiger partial charge is 0.380 e. The van der Waals surface area contributed by atoms with Gasteiger partial charge < -0.3 is 59.2 Å². The number of hydrogen-bond donors (Lipinski definition) is 4. The molecule has 0 radical (unpaired) electrons. The van der Waals surface area contributed by atoms with Gasteiger partial charge in [0.1, 0.15) is 26.4 Å². The second kappa shape index (κ2) is 39.6. The van der Waals surface area contributed by atoms with Gasteiger partial charge in [-0.3, -0.25) is 19.2 Å². The smallest absolute Gasteiger partial charge is 0.246 e. The highest BCUT2D eigenvalue weighted by Crippen LogP contribution is 1.89. The average Bonchev–Trinajstić information content (AvgIpc) is 3.06. The van der Waals surface area contributed by atoms with Crippen molar-refractivity contribution in [1.29, 1.82) is 0 Å². The second-order valence-corrected chi connectivity index (χ2v) is 9.58. The minimum atomic E-state index is -0.229. The molecule has 16 heteroatoms. The van der Waals surface area contributed by atoms with Crippen molar-refractivity contribution in [2.24, 2.45) is 0 Å². The van der Waals surface area contributed by atoms with E-state index in [2.05, 4.69) is 34.4 Å². The summed E-state index contributed by atoms with van der Waals surface area (Å²) in [5, 5.41) is 11.1. The zero-order valence-corrected chi connectivity index (χ0v) is 28.6. The Morgan fingerprint density at radius 2 is 0.723 bits per heavy atom. The molecule has 0 saturated carbocycles. The van der Waals surface area contributed by atoms with Gasteiger partial charge in [-0.1, -0.05) is 0 Å². The third-order valence-electron chi connectivity index (χ3n) is 5.31. The van der Waals surface area contributed by atoms with Crippen molar-refractivity contribution in [3.05, 3.63) is 13.2 Å². The van der Waals surface area contributed by atoms with Crippen molar-refractivity contribution in [3.63, 3.8) is 0 Å². The first-order chi connectivity index (χ1) is 23.0. The molecule has 0 heterocycles. The number of likely N-dealkylation sites (N-methyl/N-ethyl adjacent to an activating group) is 1. The van der Waals surface area contributed by atoms with E-state index < -0.39 is 0 Å². The van der Waals surface area contributed by atoms with E-state index >= 15 is 0 Å². The fourth-order valence-corrected chi connectivity index (χ4v) is 3.14. The van der Waals surface area contributed by atoms with E-state index in [1.807, 2.05) is 7.05 Å². The van der Waals surface area contributed by atoms with Crippen molar-refractivity contribution < 1.29 is 57.1 Å². The Labute approximate surface area is 280 Å². The molecule has 0 aromatic rings. The monoisotopic (exact) mass is 680 g/mol. The molecule has 47 heavy (non-hydrogen) atoms. The first-order valence-corrected chi connectivity index (χ1v) is 16.0. The average molecular weight is 681 g/mol. The molecule has 0 bridgehead atoms. The van der Waals surface area contributed by atoms with E-state index in [1.165, 1.54) is 6.92 Å². The molecule has 0 atom stereocenters. The minimum Gasteiger partial charge on any atom is -0.380 e. The number of carbonyl (C=O) groups is 4. The minimum absolute atomic E-state index is 0.00810. The highest BCUT2D eigenvalue weighted by atomic mass is 16.5. The zero-order valence-electron chi connectivity index (χ0n) is 28.6. The number of hydrogen-bond acceptors (Lipinski definition) is 13. The van der Waals surface area contributed by atoms with Crippen molar-refractivity contribution >= 4 is 23.5 Å². The van der Waals surface area contributed by atoms with E-state index in [9.17, 15) is 19.2 Å². The Balaban J connectivity index is 0. The maximum absolute atomic E-state index is 11.8. The molecule has 0 spiro atoms. The summed E-state index contributed by atoms with van der Waals surface area (Å²) in [6, 6.07) is 0. The Morgan fingerprint density at radius 3 is 1.11 bits per heavy atom. The highest BCUT2D eigenvalue weighted by Gasteiger charge is 2.04. The van der Waals surface area contributed by atoms with Crippen LogP contribution in [0.2, 0.25) is 0 Å². The third-order valence-corrected chi connectivity index (χ3v) is 5.31. The summed E-state index contributed by atoms with van der Waals surface area (Å²) < 4.78 is 42.5. The van der Waals surface area contributed by atoms with Crippen LogP contribution in [0.4, 0.5) is 0 Å². The van der Waals surface area contributed by atoms with E-state index in [-0.39, 0.29) is 49.9 Å². The first-order valence-electron chi connectivity index (χ1n) is 16.0. The Hall–Kier alpha value is -2.54. The standard InChI is InChI=1S/C29H56N4O12.C2H4/c1-26(34)22-42-13-3-10-38-17-7-31-27(35)23-43-14-4-11-39-18-8-32-28(36)24-44-15-5-12-40-19-9-33-29(37)25-45-21-20-41-16-6-30-2;1-2/h30H,3-25H2,1-2H3,(H,31,35)(H,32,36)(H,33,37);1-2H2. The lowest BCUT2D eigenvalue weighted by Gasteiger charge is -2.09. The molecule has 0 rings (SSSR count). The second-order valence-electron chi connectivity index (χ2n) is 9.58. The SMILES string of the molecule is C=C.CNCCOCCOCC(=O)NCCOCCCOCC(=O)NCCOCCCOCC(=O)NCCOCCCOCC(C)=O. The molecule has 0 unspecified atom stereocenters. The number of rotatable bonds is 35. The van der Waals surface area contributed by atoms with Gasteiger partial charge in [-0.05, 0) is 33.2 Å². The number of ether oxygens (including phenoxy) is 8. The summed E-state index contributed by atoms with van der Waals surface area (Å²) in [5.74, 6) is -0.664. The molecule has 16 nitrogen and oxygen atoms in total. The normalized spacial score (nSPS) is 10.6. The van der Waals surface area contributed by atoms with E-state index in [0.29, 0.717) is 118 Å². The highest BCUT2D eigenvalue weighted by molar-refractivity contribution is 5.78. The lowest BCUT2D eigenvalue weighted by atomic mass is 10.4. The Kier molecular flexibility index (Phi) is 39.3. The topological polar surface area (TPSA) is 190 Å². The van der Waals surface area contributed by atoms with E-state index in [1.54, 1.807) is 0 Å². The van der Waals surface area contributed by atoms with Crippen LogP contribution in [0.25, 0.3) is 0 Å². The predicted molar refractivity (Wildman–Crippen MR) is 175 cm³/mol. The van der Waals surface area contributed by atoms with Crippen LogP contribution in [-0.4, -0.2) is 162 Å². The van der Waals surface area contributed by atoms with Crippen LogP contribution >= 0.6 is 0 Å². The maximum Gasteiger partial charge on any atom is 0.246 e. The molecule has 4 N–H and O–H groups in total. The van der Waals surface area contributed by atoms with E-state index in [4.69, 9.17) is 37.9 Å². The van der Waals surface area contributed by atoms with Gasteiger partial charge in [-0.25, -0.2) is 0 Å². The molecular weight excluding hydrogens is 620 g/mol. The number of nitrogens with one attached hydrogen (secondary N) is 4. The summed E-state index contributed by atoms with van der Waals surface area (Å²) in [6.07, 6.45) is 1.93. The first kappa shape index (κ1) is 46.6. The van der Waals surface area contributed by atoms with Crippen molar-refractivity contribution in [3.8, 4) is 0 Å². The van der Waals surface area contributed by atoms with Crippen LogP contribution in [0.15, 0.2) is 13.2 Å². The van der Waals surface area contributed by atoms with Crippen LogP contribution in [0.5, 0.6) is 0 Å². The fourth-order valence-electron chi connectivity index (χ4n) is 3.14. The van der Waals surface area contributed by atoms with Crippen LogP contribution in [-0.2, 0) is 57.1 Å². The molecule has 276 valence electrons. The van der Waals surface area contributed by atoms with Crippen molar-refractivity contribution in [1.82, 2.24) is 21.3 Å². The van der Waals surface area contributed by atoms with Crippen molar-refractivity contribution in [2.45, 2.75) is 26.2 Å². The van der Waals surface area contributed by atoms with Crippen LogP contribution in [0.1, 0.15) is 26.2 Å². The van der Waals surface area contributed by atoms with Gasteiger partial charge >= 0.3 is 0 Å². The van der Waals surface area contributed by atoms with Gasteiger partial charge in [0.15, 0.2) is 5.78 Å². The number of Topliss-reactive ketones (excluding diaryl/α,β-unsaturated/α-hetero) is 1. The summed E-state index contributed by atoms with van der Waals surface area (Å²) >= 11 is 0. The summed E-state index contributed by atoms with van der Waals surface area (Å²) in [5.41, 5.74) is 0. The van der Waals surface area contributed by atoms with Gasteiger partial charge in [0, 0.05) is 65.8 Å². The van der Waals surface area contributed by atoms with Crippen LogP contribution in [0.3, 0.4) is 0 Å².